The summed E-state index contributed by atoms with van der Waals surface area (Å²) in [7, 11) is 0. The van der Waals surface area contributed by atoms with Crippen LogP contribution >= 0.6 is 15.9 Å². The van der Waals surface area contributed by atoms with Crippen LogP contribution < -0.4 is 0 Å². The first kappa shape index (κ1) is 10.4. The van der Waals surface area contributed by atoms with Crippen LogP contribution in [-0.2, 0) is 0 Å². The van der Waals surface area contributed by atoms with Gasteiger partial charge in [0.05, 0.1) is 0 Å². The van der Waals surface area contributed by atoms with Crippen LogP contribution in [0.4, 0.5) is 4.39 Å². The Kier molecular flexibility index (Phi) is 2.40. The standard InChI is InChI=1S/C12H6BrFN2O/c13-12-15-11(17-16-12)9-5-6-10(14)8-4-2-1-3-7(8)9/h1-6H. The van der Waals surface area contributed by atoms with Gasteiger partial charge in [0.2, 0.25) is 4.73 Å². The Morgan fingerprint density at radius 1 is 1.06 bits per heavy atom. The zero-order chi connectivity index (χ0) is 11.8. The van der Waals surface area contributed by atoms with Gasteiger partial charge in [-0.2, -0.15) is 4.98 Å². The summed E-state index contributed by atoms with van der Waals surface area (Å²) in [5.74, 6) is 0.107. The van der Waals surface area contributed by atoms with Crippen molar-refractivity contribution in [2.45, 2.75) is 0 Å². The number of hydrogen-bond donors (Lipinski definition) is 0. The van der Waals surface area contributed by atoms with E-state index in [1.807, 2.05) is 12.1 Å². The van der Waals surface area contributed by atoms with Crippen molar-refractivity contribution in [1.82, 2.24) is 10.1 Å². The van der Waals surface area contributed by atoms with Crippen molar-refractivity contribution in [1.29, 1.82) is 0 Å². The summed E-state index contributed by atoms with van der Waals surface area (Å²) in [5, 5.41) is 4.95. The molecule has 0 spiro atoms. The third-order valence-electron chi connectivity index (χ3n) is 2.50. The molecule has 0 amide bonds. The summed E-state index contributed by atoms with van der Waals surface area (Å²) in [6, 6.07) is 10.2. The molecule has 0 aliphatic carbocycles. The average Bonchev–Trinajstić information content (AvgIpc) is 2.77. The Hall–Kier alpha value is -1.75. The predicted octanol–water partition coefficient (Wildman–Crippen LogP) is 3.79. The summed E-state index contributed by atoms with van der Waals surface area (Å²) >= 11 is 3.12. The fraction of sp³-hybridized carbons (Fsp3) is 0. The van der Waals surface area contributed by atoms with Crippen molar-refractivity contribution in [2.75, 3.05) is 0 Å². The lowest BCUT2D eigenvalue weighted by atomic mass is 10.0. The molecular weight excluding hydrogens is 287 g/mol. The Morgan fingerprint density at radius 3 is 2.53 bits per heavy atom. The van der Waals surface area contributed by atoms with Crippen LogP contribution in [-0.4, -0.2) is 10.1 Å². The number of aromatic nitrogens is 2. The normalized spacial score (nSPS) is 10.9. The second-order valence-electron chi connectivity index (χ2n) is 3.51. The van der Waals surface area contributed by atoms with Crippen molar-refractivity contribution in [3.63, 3.8) is 0 Å². The molecule has 0 N–H and O–H groups in total. The molecule has 0 atom stereocenters. The predicted molar refractivity (Wildman–Crippen MR) is 64.9 cm³/mol. The molecule has 1 aromatic heterocycles. The first-order valence-electron chi connectivity index (χ1n) is 4.92. The molecule has 1 heterocycles. The van der Waals surface area contributed by atoms with E-state index in [0.29, 0.717) is 16.0 Å². The number of rotatable bonds is 1. The van der Waals surface area contributed by atoms with Crippen LogP contribution in [0, 0.1) is 5.82 Å². The Balaban J connectivity index is 2.34. The third-order valence-corrected chi connectivity index (χ3v) is 2.82. The minimum absolute atomic E-state index is 0.261. The zero-order valence-electron chi connectivity index (χ0n) is 8.52. The van der Waals surface area contributed by atoms with Gasteiger partial charge in [-0.25, -0.2) is 4.39 Å². The molecule has 0 aliphatic heterocycles. The maximum atomic E-state index is 13.6. The monoisotopic (exact) mass is 292 g/mol. The molecule has 3 rings (SSSR count). The van der Waals surface area contributed by atoms with Gasteiger partial charge in [-0.15, -0.1) is 0 Å². The third kappa shape index (κ3) is 1.72. The number of halogens is 2. The number of benzene rings is 2. The fourth-order valence-electron chi connectivity index (χ4n) is 1.76. The van der Waals surface area contributed by atoms with Gasteiger partial charge in [0.15, 0.2) is 0 Å². The highest BCUT2D eigenvalue weighted by molar-refractivity contribution is 9.10. The van der Waals surface area contributed by atoms with Crippen molar-refractivity contribution in [2.24, 2.45) is 0 Å². The fourth-order valence-corrected chi connectivity index (χ4v) is 2.00. The molecule has 5 heteroatoms. The molecule has 3 aromatic rings. The van der Waals surface area contributed by atoms with E-state index in [1.54, 1.807) is 18.2 Å². The minimum Gasteiger partial charge on any atom is -0.333 e. The van der Waals surface area contributed by atoms with Crippen LogP contribution in [0.25, 0.3) is 22.2 Å². The molecule has 0 unspecified atom stereocenters. The second kappa shape index (κ2) is 3.92. The highest BCUT2D eigenvalue weighted by atomic mass is 79.9. The lowest BCUT2D eigenvalue weighted by molar-refractivity contribution is 0.426. The van der Waals surface area contributed by atoms with Crippen molar-refractivity contribution < 1.29 is 8.91 Å². The lowest BCUT2D eigenvalue weighted by Crippen LogP contribution is -1.84. The average molecular weight is 293 g/mol. The minimum atomic E-state index is -0.261. The molecule has 0 fully saturated rings. The van der Waals surface area contributed by atoms with Gasteiger partial charge in [0.25, 0.3) is 5.89 Å². The highest BCUT2D eigenvalue weighted by Crippen LogP contribution is 2.29. The summed E-state index contributed by atoms with van der Waals surface area (Å²) in [6.07, 6.45) is 0. The first-order valence-corrected chi connectivity index (χ1v) is 5.72. The quantitative estimate of drug-likeness (QED) is 0.685. The SMILES string of the molecule is Fc1ccc(-c2nc(Br)no2)c2ccccc12. The molecule has 0 saturated heterocycles. The van der Waals surface area contributed by atoms with Gasteiger partial charge in [-0.05, 0) is 38.6 Å². The van der Waals surface area contributed by atoms with Crippen molar-refractivity contribution >= 4 is 26.7 Å². The molecule has 3 nitrogen and oxygen atoms in total. The Labute approximate surface area is 104 Å². The van der Waals surface area contributed by atoms with Crippen molar-refractivity contribution in [3.05, 3.63) is 46.9 Å². The van der Waals surface area contributed by atoms with Crippen molar-refractivity contribution in [3.8, 4) is 11.5 Å². The molecule has 2 aromatic carbocycles. The number of fused-ring (bicyclic) bond motifs is 1. The lowest BCUT2D eigenvalue weighted by Gasteiger charge is -2.03. The van der Waals surface area contributed by atoms with Gasteiger partial charge in [0, 0.05) is 10.9 Å². The summed E-state index contributed by atoms with van der Waals surface area (Å²) in [6.45, 7) is 0. The summed E-state index contributed by atoms with van der Waals surface area (Å²) in [4.78, 5) is 4.08. The summed E-state index contributed by atoms with van der Waals surface area (Å²) < 4.78 is 19.1. The molecule has 84 valence electrons. The maximum Gasteiger partial charge on any atom is 0.259 e. The van der Waals surface area contributed by atoms with Gasteiger partial charge >= 0.3 is 0 Å². The topological polar surface area (TPSA) is 38.9 Å². The molecule has 17 heavy (non-hydrogen) atoms. The van der Waals surface area contributed by atoms with Crippen LogP contribution in [0.2, 0.25) is 0 Å². The second-order valence-corrected chi connectivity index (χ2v) is 4.22. The van der Waals surface area contributed by atoms with Crippen LogP contribution in [0.3, 0.4) is 0 Å². The Morgan fingerprint density at radius 2 is 1.82 bits per heavy atom. The van der Waals surface area contributed by atoms with Crippen LogP contribution in [0.1, 0.15) is 0 Å². The van der Waals surface area contributed by atoms with E-state index in [-0.39, 0.29) is 5.82 Å². The molecule has 0 radical (unpaired) electrons. The van der Waals surface area contributed by atoms with Gasteiger partial charge in [0.1, 0.15) is 5.82 Å². The van der Waals surface area contributed by atoms with E-state index in [9.17, 15) is 4.39 Å². The van der Waals surface area contributed by atoms with Gasteiger partial charge in [-0.3, -0.25) is 0 Å². The largest absolute Gasteiger partial charge is 0.333 e. The summed E-state index contributed by atoms with van der Waals surface area (Å²) in [5.41, 5.74) is 0.722. The van der Waals surface area contributed by atoms with Gasteiger partial charge in [-0.1, -0.05) is 24.3 Å². The number of hydrogen-bond acceptors (Lipinski definition) is 3. The van der Waals surface area contributed by atoms with Crippen LogP contribution in [0.5, 0.6) is 0 Å². The zero-order valence-corrected chi connectivity index (χ0v) is 10.1. The van der Waals surface area contributed by atoms with E-state index < -0.39 is 0 Å². The van der Waals surface area contributed by atoms with E-state index in [2.05, 4.69) is 26.1 Å². The molecule has 0 saturated carbocycles. The van der Waals surface area contributed by atoms with E-state index >= 15 is 0 Å². The van der Waals surface area contributed by atoms with E-state index in [1.165, 1.54) is 6.07 Å². The first-order chi connectivity index (χ1) is 8.25. The Bertz CT molecular complexity index is 696. The van der Waals surface area contributed by atoms with E-state index in [0.717, 1.165) is 10.9 Å². The number of nitrogens with zero attached hydrogens (tertiary/aromatic N) is 2. The van der Waals surface area contributed by atoms with Gasteiger partial charge < -0.3 is 4.52 Å². The van der Waals surface area contributed by atoms with E-state index in [4.69, 9.17) is 4.52 Å². The van der Waals surface area contributed by atoms with Crippen LogP contribution in [0.15, 0.2) is 45.7 Å². The smallest absolute Gasteiger partial charge is 0.259 e. The highest BCUT2D eigenvalue weighted by Gasteiger charge is 2.12. The molecular formula is C12H6BrFN2O. The molecule has 0 bridgehead atoms. The maximum absolute atomic E-state index is 13.6. The molecule has 0 aliphatic rings.